The van der Waals surface area contributed by atoms with Gasteiger partial charge in [0.15, 0.2) is 0 Å². The van der Waals surface area contributed by atoms with Gasteiger partial charge in [-0.05, 0) is 42.7 Å². The van der Waals surface area contributed by atoms with Crippen LogP contribution in [0.3, 0.4) is 0 Å². The molecule has 1 aromatic carbocycles. The molecule has 0 radical (unpaired) electrons. The molecule has 0 aromatic heterocycles. The van der Waals surface area contributed by atoms with E-state index < -0.39 is 9.84 Å². The first-order valence-electron chi connectivity index (χ1n) is 6.56. The van der Waals surface area contributed by atoms with E-state index in [1.807, 2.05) is 0 Å². The first-order valence-corrected chi connectivity index (χ1v) is 8.42. The van der Waals surface area contributed by atoms with Crippen molar-refractivity contribution in [3.8, 4) is 0 Å². The highest BCUT2D eigenvalue weighted by molar-refractivity contribution is 7.95. The number of nitrogens with one attached hydrogen (secondary N) is 1. The maximum Gasteiger partial charge on any atom is 0.204 e. The van der Waals surface area contributed by atoms with Crippen LogP contribution >= 0.6 is 11.6 Å². The summed E-state index contributed by atoms with van der Waals surface area (Å²) in [6.45, 7) is 0.416. The largest absolute Gasteiger partial charge is 0.309 e. The molecular formula is C14H16ClNO2S. The van der Waals surface area contributed by atoms with Crippen LogP contribution < -0.4 is 5.32 Å². The van der Waals surface area contributed by atoms with E-state index in [4.69, 9.17) is 11.6 Å². The molecule has 0 bridgehead atoms. The average Bonchev–Trinajstić information content (AvgIpc) is 2.93. The Kier molecular flexibility index (Phi) is 3.41. The molecular weight excluding hydrogens is 282 g/mol. The predicted molar refractivity (Wildman–Crippen MR) is 76.9 cm³/mol. The van der Waals surface area contributed by atoms with Gasteiger partial charge in [-0.2, -0.15) is 0 Å². The molecule has 1 aliphatic heterocycles. The van der Waals surface area contributed by atoms with Crippen molar-refractivity contribution < 1.29 is 8.42 Å². The van der Waals surface area contributed by atoms with Crippen LogP contribution in [0.5, 0.6) is 0 Å². The lowest BCUT2D eigenvalue weighted by Gasteiger charge is -2.12. The molecule has 0 saturated heterocycles. The van der Waals surface area contributed by atoms with Crippen molar-refractivity contribution in [1.82, 2.24) is 5.32 Å². The number of fused-ring (bicyclic) bond motifs is 1. The van der Waals surface area contributed by atoms with Gasteiger partial charge in [0.25, 0.3) is 0 Å². The Hall–Kier alpha value is -0.840. The summed E-state index contributed by atoms with van der Waals surface area (Å²) in [5, 5.41) is 3.91. The summed E-state index contributed by atoms with van der Waals surface area (Å²) in [4.78, 5) is 0.830. The number of sulfone groups is 1. The van der Waals surface area contributed by atoms with Crippen LogP contribution in [0.15, 0.2) is 28.0 Å². The van der Waals surface area contributed by atoms with E-state index >= 15 is 0 Å². The van der Waals surface area contributed by atoms with E-state index in [0.29, 0.717) is 33.0 Å². The third-order valence-electron chi connectivity index (χ3n) is 3.84. The molecule has 0 atom stereocenters. The minimum absolute atomic E-state index is 0.375. The van der Waals surface area contributed by atoms with Crippen molar-refractivity contribution in [2.75, 3.05) is 6.54 Å². The fourth-order valence-corrected chi connectivity index (χ4v) is 4.48. The molecule has 19 heavy (non-hydrogen) atoms. The fraction of sp³-hybridized carbons (Fsp3) is 0.429. The zero-order chi connectivity index (χ0) is 13.5. The van der Waals surface area contributed by atoms with Crippen LogP contribution in [0, 0.1) is 0 Å². The molecule has 3 rings (SSSR count). The van der Waals surface area contributed by atoms with Crippen LogP contribution in [-0.4, -0.2) is 21.0 Å². The molecule has 1 saturated carbocycles. The Morgan fingerprint density at radius 3 is 2.74 bits per heavy atom. The first-order chi connectivity index (χ1) is 9.07. The SMILES string of the molecule is O=S1(=O)C(CNC2CCCC2)=Cc2cc(Cl)ccc21. The normalized spacial score (nSPS) is 21.4. The summed E-state index contributed by atoms with van der Waals surface area (Å²) >= 11 is 5.91. The maximum absolute atomic E-state index is 12.3. The molecule has 1 fully saturated rings. The fourth-order valence-electron chi connectivity index (χ4n) is 2.79. The molecule has 3 nitrogen and oxygen atoms in total. The van der Waals surface area contributed by atoms with E-state index in [0.717, 1.165) is 12.8 Å². The molecule has 1 aromatic rings. The lowest BCUT2D eigenvalue weighted by molar-refractivity contribution is 0.550. The zero-order valence-electron chi connectivity index (χ0n) is 10.5. The predicted octanol–water partition coefficient (Wildman–Crippen LogP) is 3.00. The summed E-state index contributed by atoms with van der Waals surface area (Å²) in [7, 11) is -3.31. The molecule has 0 spiro atoms. The lowest BCUT2D eigenvalue weighted by atomic mass is 10.2. The number of hydrogen-bond acceptors (Lipinski definition) is 3. The Labute approximate surface area is 118 Å². The Morgan fingerprint density at radius 2 is 2.00 bits per heavy atom. The van der Waals surface area contributed by atoms with Crippen molar-refractivity contribution in [3.05, 3.63) is 33.7 Å². The van der Waals surface area contributed by atoms with Gasteiger partial charge in [0.05, 0.1) is 9.80 Å². The second kappa shape index (κ2) is 4.93. The maximum atomic E-state index is 12.3. The molecule has 1 N–H and O–H groups in total. The third-order valence-corrected chi connectivity index (χ3v) is 5.98. The highest BCUT2D eigenvalue weighted by Gasteiger charge is 2.29. The summed E-state index contributed by atoms with van der Waals surface area (Å²) in [6, 6.07) is 5.38. The number of halogens is 1. The van der Waals surface area contributed by atoms with Crippen molar-refractivity contribution in [2.45, 2.75) is 36.6 Å². The summed E-state index contributed by atoms with van der Waals surface area (Å²) in [5.41, 5.74) is 0.704. The molecule has 5 heteroatoms. The highest BCUT2D eigenvalue weighted by Crippen LogP contribution is 2.34. The lowest BCUT2D eigenvalue weighted by Crippen LogP contribution is -2.29. The van der Waals surface area contributed by atoms with Gasteiger partial charge in [0.1, 0.15) is 0 Å². The van der Waals surface area contributed by atoms with Crippen LogP contribution in [0.25, 0.3) is 6.08 Å². The number of benzene rings is 1. The second-order valence-electron chi connectivity index (χ2n) is 5.16. The number of rotatable bonds is 3. The minimum atomic E-state index is -3.31. The van der Waals surface area contributed by atoms with Gasteiger partial charge < -0.3 is 5.32 Å². The van der Waals surface area contributed by atoms with Crippen LogP contribution in [0.4, 0.5) is 0 Å². The monoisotopic (exact) mass is 297 g/mol. The Bertz CT molecular complexity index is 631. The van der Waals surface area contributed by atoms with Gasteiger partial charge in [0.2, 0.25) is 9.84 Å². The third kappa shape index (κ3) is 2.45. The van der Waals surface area contributed by atoms with Gasteiger partial charge in [-0.3, -0.25) is 0 Å². The Balaban J connectivity index is 1.81. The first kappa shape index (κ1) is 13.2. The van der Waals surface area contributed by atoms with E-state index in [-0.39, 0.29) is 0 Å². The second-order valence-corrected chi connectivity index (χ2v) is 7.57. The van der Waals surface area contributed by atoms with E-state index in [1.54, 1.807) is 24.3 Å². The smallest absolute Gasteiger partial charge is 0.204 e. The van der Waals surface area contributed by atoms with Crippen LogP contribution in [-0.2, 0) is 9.84 Å². The summed E-state index contributed by atoms with van der Waals surface area (Å²) in [5.74, 6) is 0. The van der Waals surface area contributed by atoms with Gasteiger partial charge in [-0.15, -0.1) is 0 Å². The quantitative estimate of drug-likeness (QED) is 0.933. The van der Waals surface area contributed by atoms with E-state index in [2.05, 4.69) is 5.32 Å². The minimum Gasteiger partial charge on any atom is -0.309 e. The van der Waals surface area contributed by atoms with Gasteiger partial charge in [0, 0.05) is 17.6 Å². The van der Waals surface area contributed by atoms with E-state index in [1.165, 1.54) is 12.8 Å². The van der Waals surface area contributed by atoms with Crippen molar-refractivity contribution in [3.63, 3.8) is 0 Å². The Morgan fingerprint density at radius 1 is 1.26 bits per heavy atom. The van der Waals surface area contributed by atoms with Gasteiger partial charge >= 0.3 is 0 Å². The average molecular weight is 298 g/mol. The molecule has 1 aliphatic carbocycles. The van der Waals surface area contributed by atoms with Gasteiger partial charge in [-0.25, -0.2) is 8.42 Å². The topological polar surface area (TPSA) is 46.2 Å². The summed E-state index contributed by atoms with van der Waals surface area (Å²) < 4.78 is 24.7. The van der Waals surface area contributed by atoms with Crippen molar-refractivity contribution in [2.24, 2.45) is 0 Å². The van der Waals surface area contributed by atoms with Crippen molar-refractivity contribution >= 4 is 27.5 Å². The summed E-state index contributed by atoms with van der Waals surface area (Å²) in [6.07, 6.45) is 6.50. The standard InChI is InChI=1S/C14H16ClNO2S/c15-11-5-6-14-10(7-11)8-13(19(14,17)18)9-16-12-3-1-2-4-12/h5-8,12,16H,1-4,9H2. The molecule has 2 aliphatic rings. The molecule has 0 unspecified atom stereocenters. The number of hydrogen-bond donors (Lipinski definition) is 1. The van der Waals surface area contributed by atoms with E-state index in [9.17, 15) is 8.42 Å². The zero-order valence-corrected chi connectivity index (χ0v) is 12.1. The highest BCUT2D eigenvalue weighted by atomic mass is 35.5. The molecule has 1 heterocycles. The van der Waals surface area contributed by atoms with Crippen molar-refractivity contribution in [1.29, 1.82) is 0 Å². The van der Waals surface area contributed by atoms with Crippen LogP contribution in [0.2, 0.25) is 5.02 Å². The molecule has 102 valence electrons. The molecule has 0 amide bonds. The van der Waals surface area contributed by atoms with Crippen LogP contribution in [0.1, 0.15) is 31.2 Å². The van der Waals surface area contributed by atoms with Gasteiger partial charge in [-0.1, -0.05) is 24.4 Å².